The van der Waals surface area contributed by atoms with Gasteiger partial charge in [-0.2, -0.15) is 4.90 Å². The molecule has 0 atom stereocenters. The number of amides is 2. The number of pyridine rings is 1. The number of halogens is 1. The summed E-state index contributed by atoms with van der Waals surface area (Å²) in [5, 5.41) is 0. The van der Waals surface area contributed by atoms with Crippen molar-refractivity contribution in [2.24, 2.45) is 0 Å². The molecule has 1 aromatic heterocycles. The molecule has 1 aromatic rings. The van der Waals surface area contributed by atoms with E-state index in [4.69, 9.17) is 14.2 Å². The zero-order valence-corrected chi connectivity index (χ0v) is 17.3. The monoisotopic (exact) mass is 416 g/mol. The highest BCUT2D eigenvalue weighted by Gasteiger charge is 2.34. The standard InChI is InChI=1S/C17H25BrN2O5/c1-8-23-12-10-19-13(18)9-11(12)20(14(21)24-16(2,3)4)15(22)25-17(5,6)7/h9-10H,8H2,1-7H3. The molecular formula is C17H25BrN2O5. The molecular weight excluding hydrogens is 392 g/mol. The molecule has 0 radical (unpaired) electrons. The third-order valence-electron chi connectivity index (χ3n) is 2.51. The van der Waals surface area contributed by atoms with Crippen LogP contribution in [0.15, 0.2) is 16.9 Å². The van der Waals surface area contributed by atoms with Crippen LogP contribution >= 0.6 is 15.9 Å². The van der Waals surface area contributed by atoms with Gasteiger partial charge in [-0.15, -0.1) is 0 Å². The molecule has 0 spiro atoms. The lowest BCUT2D eigenvalue weighted by atomic mass is 10.2. The second-order valence-electron chi connectivity index (χ2n) is 7.20. The van der Waals surface area contributed by atoms with Crippen LogP contribution < -0.4 is 9.64 Å². The average molecular weight is 417 g/mol. The maximum Gasteiger partial charge on any atom is 0.424 e. The summed E-state index contributed by atoms with van der Waals surface area (Å²) in [6.07, 6.45) is -0.299. The van der Waals surface area contributed by atoms with Gasteiger partial charge in [0.25, 0.3) is 0 Å². The van der Waals surface area contributed by atoms with Crippen molar-refractivity contribution in [1.82, 2.24) is 4.98 Å². The smallest absolute Gasteiger partial charge is 0.424 e. The molecule has 0 saturated carbocycles. The van der Waals surface area contributed by atoms with Gasteiger partial charge >= 0.3 is 12.2 Å². The van der Waals surface area contributed by atoms with Gasteiger partial charge in [0.05, 0.1) is 12.8 Å². The van der Waals surface area contributed by atoms with E-state index in [2.05, 4.69) is 20.9 Å². The predicted octanol–water partition coefficient (Wildman–Crippen LogP) is 4.92. The van der Waals surface area contributed by atoms with Gasteiger partial charge in [-0.1, -0.05) is 0 Å². The predicted molar refractivity (Wildman–Crippen MR) is 98.1 cm³/mol. The van der Waals surface area contributed by atoms with Crippen LogP contribution in [-0.4, -0.2) is 35.0 Å². The van der Waals surface area contributed by atoms with Gasteiger partial charge in [-0.3, -0.25) is 0 Å². The highest BCUT2D eigenvalue weighted by Crippen LogP contribution is 2.32. The van der Waals surface area contributed by atoms with Crippen LogP contribution in [0.3, 0.4) is 0 Å². The fraction of sp³-hybridized carbons (Fsp3) is 0.588. The summed E-state index contributed by atoms with van der Waals surface area (Å²) < 4.78 is 16.6. The minimum absolute atomic E-state index is 0.187. The number of imide groups is 1. The largest absolute Gasteiger partial charge is 0.490 e. The Morgan fingerprint density at radius 2 is 1.56 bits per heavy atom. The molecule has 0 N–H and O–H groups in total. The second kappa shape index (κ2) is 8.03. The molecule has 1 heterocycles. The lowest BCUT2D eigenvalue weighted by Gasteiger charge is -2.29. The first kappa shape index (κ1) is 21.2. The Kier molecular flexibility index (Phi) is 6.82. The van der Waals surface area contributed by atoms with Gasteiger partial charge in [-0.05, 0) is 70.5 Å². The van der Waals surface area contributed by atoms with Crippen LogP contribution in [0, 0.1) is 0 Å². The number of ether oxygens (including phenoxy) is 3. The van der Waals surface area contributed by atoms with Gasteiger partial charge in [0.1, 0.15) is 21.5 Å². The zero-order valence-electron chi connectivity index (χ0n) is 15.7. The fourth-order valence-electron chi connectivity index (χ4n) is 1.74. The number of hydrogen-bond donors (Lipinski definition) is 0. The first-order chi connectivity index (χ1) is 11.3. The molecule has 0 fully saturated rings. The van der Waals surface area contributed by atoms with E-state index < -0.39 is 23.4 Å². The van der Waals surface area contributed by atoms with Crippen molar-refractivity contribution in [3.8, 4) is 5.75 Å². The Labute approximate surface area is 156 Å². The van der Waals surface area contributed by atoms with Gasteiger partial charge in [-0.25, -0.2) is 14.6 Å². The molecule has 0 bridgehead atoms. The van der Waals surface area contributed by atoms with E-state index in [1.165, 1.54) is 12.3 Å². The molecule has 0 aromatic carbocycles. The summed E-state index contributed by atoms with van der Waals surface area (Å²) in [6.45, 7) is 12.4. The summed E-state index contributed by atoms with van der Waals surface area (Å²) in [7, 11) is 0. The maximum atomic E-state index is 12.7. The Hall–Kier alpha value is -1.83. The third-order valence-corrected chi connectivity index (χ3v) is 2.94. The van der Waals surface area contributed by atoms with Crippen molar-refractivity contribution in [3.63, 3.8) is 0 Å². The van der Waals surface area contributed by atoms with E-state index in [9.17, 15) is 9.59 Å². The average Bonchev–Trinajstić information content (AvgIpc) is 2.37. The van der Waals surface area contributed by atoms with Crippen molar-refractivity contribution in [2.45, 2.75) is 59.7 Å². The van der Waals surface area contributed by atoms with Crippen LogP contribution in [0.2, 0.25) is 0 Å². The Morgan fingerprint density at radius 3 is 1.96 bits per heavy atom. The van der Waals surface area contributed by atoms with Gasteiger partial charge < -0.3 is 14.2 Å². The summed E-state index contributed by atoms with van der Waals surface area (Å²) >= 11 is 3.24. The minimum atomic E-state index is -0.860. The first-order valence-electron chi connectivity index (χ1n) is 7.88. The molecule has 0 saturated heterocycles. The SMILES string of the molecule is CCOc1cnc(Br)cc1N(C(=O)OC(C)(C)C)C(=O)OC(C)(C)C. The number of anilines is 1. The van der Waals surface area contributed by atoms with Crippen LogP contribution in [0.5, 0.6) is 5.75 Å². The van der Waals surface area contributed by atoms with Crippen molar-refractivity contribution in [1.29, 1.82) is 0 Å². The topological polar surface area (TPSA) is 78.0 Å². The van der Waals surface area contributed by atoms with Crippen molar-refractivity contribution in [2.75, 3.05) is 11.5 Å². The number of carbonyl (C=O) groups excluding carboxylic acids is 2. The summed E-state index contributed by atoms with van der Waals surface area (Å²) in [6, 6.07) is 1.50. The van der Waals surface area contributed by atoms with Crippen LogP contribution in [-0.2, 0) is 9.47 Å². The molecule has 0 aliphatic heterocycles. The fourth-order valence-corrected chi connectivity index (χ4v) is 2.05. The van der Waals surface area contributed by atoms with E-state index in [0.29, 0.717) is 11.2 Å². The zero-order chi connectivity index (χ0) is 19.4. The molecule has 0 unspecified atom stereocenters. The van der Waals surface area contributed by atoms with Gasteiger partial charge in [0.15, 0.2) is 5.75 Å². The van der Waals surface area contributed by atoms with Crippen molar-refractivity contribution >= 4 is 33.8 Å². The Balaban J connectivity index is 3.38. The van der Waals surface area contributed by atoms with Crippen molar-refractivity contribution in [3.05, 3.63) is 16.9 Å². The molecule has 7 nitrogen and oxygen atoms in total. The lowest BCUT2D eigenvalue weighted by Crippen LogP contribution is -2.44. The van der Waals surface area contributed by atoms with Crippen LogP contribution in [0.25, 0.3) is 0 Å². The highest BCUT2D eigenvalue weighted by molar-refractivity contribution is 9.10. The van der Waals surface area contributed by atoms with Crippen LogP contribution in [0.1, 0.15) is 48.5 Å². The van der Waals surface area contributed by atoms with Crippen LogP contribution in [0.4, 0.5) is 15.3 Å². The maximum absolute atomic E-state index is 12.7. The minimum Gasteiger partial charge on any atom is -0.490 e. The van der Waals surface area contributed by atoms with E-state index >= 15 is 0 Å². The molecule has 1 rings (SSSR count). The third kappa shape index (κ3) is 6.89. The van der Waals surface area contributed by atoms with E-state index in [1.807, 2.05) is 0 Å². The quantitative estimate of drug-likeness (QED) is 0.650. The molecule has 8 heteroatoms. The summed E-state index contributed by atoms with van der Waals surface area (Å²) in [4.78, 5) is 30.2. The lowest BCUT2D eigenvalue weighted by molar-refractivity contribution is 0.0429. The number of carbonyl (C=O) groups is 2. The second-order valence-corrected chi connectivity index (χ2v) is 8.02. The van der Waals surface area contributed by atoms with Crippen molar-refractivity contribution < 1.29 is 23.8 Å². The number of nitrogens with zero attached hydrogens (tertiary/aromatic N) is 2. The normalized spacial score (nSPS) is 11.7. The van der Waals surface area contributed by atoms with E-state index in [1.54, 1.807) is 48.5 Å². The molecule has 0 aliphatic rings. The number of hydrogen-bond acceptors (Lipinski definition) is 6. The molecule has 25 heavy (non-hydrogen) atoms. The number of aromatic nitrogens is 1. The Morgan fingerprint density at radius 1 is 1.08 bits per heavy atom. The van der Waals surface area contributed by atoms with Gasteiger partial charge in [0, 0.05) is 0 Å². The molecule has 0 aliphatic carbocycles. The van der Waals surface area contributed by atoms with E-state index in [-0.39, 0.29) is 11.4 Å². The summed E-state index contributed by atoms with van der Waals surface area (Å²) in [5.74, 6) is 0.266. The number of rotatable bonds is 3. The van der Waals surface area contributed by atoms with Gasteiger partial charge in [0.2, 0.25) is 0 Å². The van der Waals surface area contributed by atoms with E-state index in [0.717, 1.165) is 4.90 Å². The molecule has 140 valence electrons. The first-order valence-corrected chi connectivity index (χ1v) is 8.68. The Bertz CT molecular complexity index is 607. The summed E-state index contributed by atoms with van der Waals surface area (Å²) in [5.41, 5.74) is -1.38. The molecule has 2 amide bonds. The highest BCUT2D eigenvalue weighted by atomic mass is 79.9.